The van der Waals surface area contributed by atoms with Crippen molar-refractivity contribution >= 4 is 23.5 Å². The van der Waals surface area contributed by atoms with E-state index < -0.39 is 11.9 Å². The molecule has 1 N–H and O–H groups in total. The fraction of sp³-hybridized carbons (Fsp3) is 0.316. The maximum Gasteiger partial charge on any atom is 0.308 e. The molecule has 1 saturated heterocycles. The van der Waals surface area contributed by atoms with E-state index in [0.29, 0.717) is 23.4 Å². The minimum Gasteiger partial charge on any atom is -0.481 e. The van der Waals surface area contributed by atoms with Crippen LogP contribution in [0.4, 0.5) is 0 Å². The van der Waals surface area contributed by atoms with E-state index in [2.05, 4.69) is 4.98 Å². The van der Waals surface area contributed by atoms with Crippen molar-refractivity contribution in [1.29, 1.82) is 0 Å². The van der Waals surface area contributed by atoms with Gasteiger partial charge in [0.1, 0.15) is 0 Å². The number of pyridine rings is 1. The molecule has 1 aromatic heterocycles. The quantitative estimate of drug-likeness (QED) is 0.907. The molecule has 0 radical (unpaired) electrons. The van der Waals surface area contributed by atoms with E-state index in [1.54, 1.807) is 29.3 Å². The van der Waals surface area contributed by atoms with Gasteiger partial charge in [-0.3, -0.25) is 14.6 Å². The normalized spacial score (nSPS) is 20.3. The second-order valence-corrected chi connectivity index (χ2v) is 6.82. The highest BCUT2D eigenvalue weighted by molar-refractivity contribution is 6.30. The number of halogens is 1. The predicted molar refractivity (Wildman–Crippen MR) is 95.5 cm³/mol. The Bertz CT molecular complexity index is 792. The molecule has 5 nitrogen and oxygen atoms in total. The molecule has 1 fully saturated rings. The summed E-state index contributed by atoms with van der Waals surface area (Å²) in [5, 5.41) is 9.89. The number of aromatic nitrogens is 1. The summed E-state index contributed by atoms with van der Waals surface area (Å²) < 4.78 is 0. The van der Waals surface area contributed by atoms with Crippen molar-refractivity contribution in [3.05, 3.63) is 53.3 Å². The summed E-state index contributed by atoms with van der Waals surface area (Å²) in [4.78, 5) is 30.0. The summed E-state index contributed by atoms with van der Waals surface area (Å²) in [5.41, 5.74) is 2.20. The van der Waals surface area contributed by atoms with Gasteiger partial charge in [-0.15, -0.1) is 0 Å². The van der Waals surface area contributed by atoms with E-state index in [4.69, 9.17) is 11.6 Å². The lowest BCUT2D eigenvalue weighted by atomic mass is 9.93. The first-order chi connectivity index (χ1) is 12.0. The molecule has 2 atom stereocenters. The Kier molecular flexibility index (Phi) is 5.04. The Morgan fingerprint density at radius 3 is 2.56 bits per heavy atom. The second kappa shape index (κ2) is 7.23. The number of carboxylic acids is 1. The number of likely N-dealkylation sites (tertiary alicyclic amines) is 1. The second-order valence-electron chi connectivity index (χ2n) is 6.39. The van der Waals surface area contributed by atoms with Gasteiger partial charge in [0, 0.05) is 35.6 Å². The number of carbonyl (C=O) groups is 2. The first kappa shape index (κ1) is 17.4. The van der Waals surface area contributed by atoms with Gasteiger partial charge >= 0.3 is 5.97 Å². The third kappa shape index (κ3) is 3.82. The van der Waals surface area contributed by atoms with E-state index in [1.165, 1.54) is 6.20 Å². The maximum absolute atomic E-state index is 12.9. The fourth-order valence-electron chi connectivity index (χ4n) is 3.11. The number of nitrogens with zero attached hydrogens (tertiary/aromatic N) is 2. The Morgan fingerprint density at radius 2 is 1.88 bits per heavy atom. The largest absolute Gasteiger partial charge is 0.481 e. The number of rotatable bonds is 3. The molecule has 1 aliphatic rings. The highest BCUT2D eigenvalue weighted by atomic mass is 35.5. The van der Waals surface area contributed by atoms with Crippen LogP contribution in [0.5, 0.6) is 0 Å². The molecule has 1 amide bonds. The Morgan fingerprint density at radius 1 is 1.16 bits per heavy atom. The number of piperidine rings is 1. The first-order valence-corrected chi connectivity index (χ1v) is 8.58. The highest BCUT2D eigenvalue weighted by Gasteiger charge is 2.33. The van der Waals surface area contributed by atoms with Crippen LogP contribution in [0.3, 0.4) is 0 Å². The average Bonchev–Trinajstić information content (AvgIpc) is 2.62. The van der Waals surface area contributed by atoms with E-state index in [0.717, 1.165) is 11.1 Å². The fourth-order valence-corrected chi connectivity index (χ4v) is 3.24. The standard InChI is InChI=1S/C19H19ClN2O3/c1-12-2-3-14(19(24)25)11-22(12)18(23)16-8-15(9-21-10-16)13-4-6-17(20)7-5-13/h4-10,12,14H,2-3,11H2,1H3,(H,24,25). The van der Waals surface area contributed by atoms with Crippen LogP contribution in [0.15, 0.2) is 42.7 Å². The zero-order valence-electron chi connectivity index (χ0n) is 13.9. The van der Waals surface area contributed by atoms with Crippen molar-refractivity contribution in [1.82, 2.24) is 9.88 Å². The number of amides is 1. The Labute approximate surface area is 151 Å². The molecule has 3 rings (SSSR count). The van der Waals surface area contributed by atoms with Gasteiger partial charge in [-0.2, -0.15) is 0 Å². The highest BCUT2D eigenvalue weighted by Crippen LogP contribution is 2.26. The number of aliphatic carboxylic acids is 1. The molecular formula is C19H19ClN2O3. The number of carbonyl (C=O) groups excluding carboxylic acids is 1. The molecule has 1 aromatic carbocycles. The summed E-state index contributed by atoms with van der Waals surface area (Å²) in [7, 11) is 0. The van der Waals surface area contributed by atoms with Crippen LogP contribution in [-0.2, 0) is 4.79 Å². The van der Waals surface area contributed by atoms with Gasteiger partial charge in [-0.05, 0) is 43.5 Å². The lowest BCUT2D eigenvalue weighted by molar-refractivity contribution is -0.143. The Hall–Kier alpha value is -2.40. The molecule has 0 bridgehead atoms. The molecule has 2 aromatic rings. The summed E-state index contributed by atoms with van der Waals surface area (Å²) in [5.74, 6) is -1.54. The average molecular weight is 359 g/mol. The van der Waals surface area contributed by atoms with Crippen LogP contribution in [0, 0.1) is 5.92 Å². The maximum atomic E-state index is 12.9. The number of carboxylic acid groups (broad SMARTS) is 1. The molecule has 25 heavy (non-hydrogen) atoms. The van der Waals surface area contributed by atoms with Crippen molar-refractivity contribution in [2.45, 2.75) is 25.8 Å². The van der Waals surface area contributed by atoms with Gasteiger partial charge in [-0.1, -0.05) is 23.7 Å². The van der Waals surface area contributed by atoms with Crippen molar-refractivity contribution in [3.8, 4) is 11.1 Å². The molecule has 1 aliphatic heterocycles. The van der Waals surface area contributed by atoms with Gasteiger partial charge in [0.05, 0.1) is 11.5 Å². The molecule has 6 heteroatoms. The van der Waals surface area contributed by atoms with E-state index in [9.17, 15) is 14.7 Å². The van der Waals surface area contributed by atoms with Crippen molar-refractivity contribution < 1.29 is 14.7 Å². The molecule has 0 aliphatic carbocycles. The van der Waals surface area contributed by atoms with Crippen LogP contribution in [0.25, 0.3) is 11.1 Å². The van der Waals surface area contributed by atoms with Gasteiger partial charge in [-0.25, -0.2) is 0 Å². The molecule has 0 saturated carbocycles. The summed E-state index contributed by atoms with van der Waals surface area (Å²) in [6, 6.07) is 9.12. The molecule has 2 heterocycles. The third-order valence-electron chi connectivity index (χ3n) is 4.65. The lowest BCUT2D eigenvalue weighted by Crippen LogP contribution is -2.47. The van der Waals surface area contributed by atoms with Crippen LogP contribution in [0.1, 0.15) is 30.1 Å². The monoisotopic (exact) mass is 358 g/mol. The van der Waals surface area contributed by atoms with Crippen LogP contribution in [-0.4, -0.2) is 39.5 Å². The summed E-state index contributed by atoms with van der Waals surface area (Å²) in [6.07, 6.45) is 4.51. The smallest absolute Gasteiger partial charge is 0.308 e. The van der Waals surface area contributed by atoms with Crippen molar-refractivity contribution in [3.63, 3.8) is 0 Å². The van der Waals surface area contributed by atoms with Gasteiger partial charge < -0.3 is 10.0 Å². The zero-order valence-corrected chi connectivity index (χ0v) is 14.6. The van der Waals surface area contributed by atoms with Crippen molar-refractivity contribution in [2.75, 3.05) is 6.54 Å². The minimum atomic E-state index is -0.849. The van der Waals surface area contributed by atoms with Crippen LogP contribution < -0.4 is 0 Å². The molecule has 0 spiro atoms. The zero-order chi connectivity index (χ0) is 18.0. The minimum absolute atomic E-state index is 0.0160. The molecule has 2 unspecified atom stereocenters. The molecular weight excluding hydrogens is 340 g/mol. The van der Waals surface area contributed by atoms with E-state index >= 15 is 0 Å². The SMILES string of the molecule is CC1CCC(C(=O)O)CN1C(=O)c1cncc(-c2ccc(Cl)cc2)c1. The van der Waals surface area contributed by atoms with E-state index in [-0.39, 0.29) is 18.5 Å². The third-order valence-corrected chi connectivity index (χ3v) is 4.91. The first-order valence-electron chi connectivity index (χ1n) is 8.20. The number of benzene rings is 1. The predicted octanol–water partition coefficient (Wildman–Crippen LogP) is 3.73. The van der Waals surface area contributed by atoms with Crippen molar-refractivity contribution in [2.24, 2.45) is 5.92 Å². The van der Waals surface area contributed by atoms with E-state index in [1.807, 2.05) is 19.1 Å². The topological polar surface area (TPSA) is 70.5 Å². The summed E-state index contributed by atoms with van der Waals surface area (Å²) in [6.45, 7) is 2.19. The summed E-state index contributed by atoms with van der Waals surface area (Å²) >= 11 is 5.91. The molecule has 130 valence electrons. The van der Waals surface area contributed by atoms with Gasteiger partial charge in [0.2, 0.25) is 0 Å². The van der Waals surface area contributed by atoms with Crippen LogP contribution >= 0.6 is 11.6 Å². The number of hydrogen-bond donors (Lipinski definition) is 1. The Balaban J connectivity index is 1.85. The van der Waals surface area contributed by atoms with Gasteiger partial charge in [0.25, 0.3) is 5.91 Å². The van der Waals surface area contributed by atoms with Crippen LogP contribution in [0.2, 0.25) is 5.02 Å². The van der Waals surface area contributed by atoms with Gasteiger partial charge in [0.15, 0.2) is 0 Å². The lowest BCUT2D eigenvalue weighted by Gasteiger charge is -2.36. The number of hydrogen-bond acceptors (Lipinski definition) is 3.